The molecule has 5 nitrogen and oxygen atoms in total. The molecule has 1 aromatic rings. The normalized spacial score (nSPS) is 12.2. The highest BCUT2D eigenvalue weighted by Gasteiger charge is 2.19. The number of benzene rings is 1. The van der Waals surface area contributed by atoms with E-state index in [9.17, 15) is 14.5 Å². The van der Waals surface area contributed by atoms with Crippen molar-refractivity contribution in [3.63, 3.8) is 0 Å². The molecule has 0 heterocycles. The van der Waals surface area contributed by atoms with Crippen LogP contribution in [0.15, 0.2) is 18.2 Å². The third-order valence-corrected chi connectivity index (χ3v) is 2.36. The molecule has 2 N–H and O–H groups in total. The maximum absolute atomic E-state index is 13.3. The van der Waals surface area contributed by atoms with E-state index in [4.69, 9.17) is 0 Å². The Balaban J connectivity index is 2.77. The van der Waals surface area contributed by atoms with Crippen molar-refractivity contribution in [2.45, 2.75) is 6.92 Å². The summed E-state index contributed by atoms with van der Waals surface area (Å²) in [5.74, 6) is -0.524. The van der Waals surface area contributed by atoms with Gasteiger partial charge in [-0.05, 0) is 31.6 Å². The van der Waals surface area contributed by atoms with Crippen LogP contribution in [0.5, 0.6) is 0 Å². The summed E-state index contributed by atoms with van der Waals surface area (Å²) >= 11 is 0. The molecule has 6 heteroatoms. The first-order valence-electron chi connectivity index (χ1n) is 5.37. The molecule has 17 heavy (non-hydrogen) atoms. The molecule has 0 amide bonds. The second-order valence-corrected chi connectivity index (χ2v) is 3.94. The number of nitrogens with one attached hydrogen (secondary N) is 2. The number of halogens is 1. The van der Waals surface area contributed by atoms with Crippen molar-refractivity contribution < 1.29 is 9.31 Å². The molecule has 1 aromatic carbocycles. The van der Waals surface area contributed by atoms with Gasteiger partial charge in [-0.1, -0.05) is 13.0 Å². The lowest BCUT2D eigenvalue weighted by Gasteiger charge is -2.13. The average molecular weight is 241 g/mol. The summed E-state index contributed by atoms with van der Waals surface area (Å²) in [4.78, 5) is 10.0. The molecule has 0 aliphatic rings. The second kappa shape index (κ2) is 6.15. The van der Waals surface area contributed by atoms with Crippen LogP contribution in [0.1, 0.15) is 6.92 Å². The van der Waals surface area contributed by atoms with E-state index < -0.39 is 16.4 Å². The summed E-state index contributed by atoms with van der Waals surface area (Å²) in [5.41, 5.74) is -0.276. The van der Waals surface area contributed by atoms with Crippen LogP contribution in [0.25, 0.3) is 0 Å². The number of anilines is 1. The Morgan fingerprint density at radius 2 is 2.18 bits per heavy atom. The molecule has 0 fully saturated rings. The van der Waals surface area contributed by atoms with Gasteiger partial charge in [-0.2, -0.15) is 4.39 Å². The number of rotatable bonds is 6. The van der Waals surface area contributed by atoms with Crippen molar-refractivity contribution >= 4 is 11.4 Å². The number of nitro benzene ring substituents is 1. The van der Waals surface area contributed by atoms with Crippen LogP contribution >= 0.6 is 0 Å². The smallest absolute Gasteiger partial charge is 0.327 e. The minimum absolute atomic E-state index is 0.220. The van der Waals surface area contributed by atoms with Gasteiger partial charge < -0.3 is 10.6 Å². The second-order valence-electron chi connectivity index (χ2n) is 3.94. The van der Waals surface area contributed by atoms with Gasteiger partial charge in [0.25, 0.3) is 0 Å². The predicted octanol–water partition coefficient (Wildman–Crippen LogP) is 2.00. The van der Waals surface area contributed by atoms with Gasteiger partial charge in [0.2, 0.25) is 5.82 Å². The molecule has 0 bridgehead atoms. The van der Waals surface area contributed by atoms with Crippen LogP contribution in [-0.2, 0) is 0 Å². The Hall–Kier alpha value is -1.69. The summed E-state index contributed by atoms with van der Waals surface area (Å²) in [6.07, 6.45) is 0. The first-order valence-corrected chi connectivity index (χ1v) is 5.37. The maximum Gasteiger partial charge on any atom is 0.327 e. The zero-order chi connectivity index (χ0) is 12.8. The van der Waals surface area contributed by atoms with Crippen molar-refractivity contribution in [3.05, 3.63) is 34.1 Å². The summed E-state index contributed by atoms with van der Waals surface area (Å²) in [7, 11) is 1.83. The molecule has 0 aliphatic heterocycles. The van der Waals surface area contributed by atoms with Gasteiger partial charge in [-0.15, -0.1) is 0 Å². The minimum atomic E-state index is -0.818. The fourth-order valence-corrected chi connectivity index (χ4v) is 1.55. The highest BCUT2D eigenvalue weighted by molar-refractivity contribution is 5.61. The molecule has 94 valence electrons. The zero-order valence-electron chi connectivity index (χ0n) is 9.87. The van der Waals surface area contributed by atoms with Crippen LogP contribution in [0.4, 0.5) is 15.8 Å². The van der Waals surface area contributed by atoms with Gasteiger partial charge in [0, 0.05) is 6.54 Å². The quantitative estimate of drug-likeness (QED) is 0.590. The van der Waals surface area contributed by atoms with E-state index in [1.54, 1.807) is 0 Å². The van der Waals surface area contributed by atoms with E-state index in [-0.39, 0.29) is 5.69 Å². The molecule has 1 unspecified atom stereocenters. The van der Waals surface area contributed by atoms with E-state index in [1.165, 1.54) is 12.1 Å². The molecule has 0 saturated heterocycles. The molecule has 1 atom stereocenters. The Bertz CT molecular complexity index is 398. The summed E-state index contributed by atoms with van der Waals surface area (Å²) in [6.45, 7) is 3.33. The first kappa shape index (κ1) is 13.4. The summed E-state index contributed by atoms with van der Waals surface area (Å²) < 4.78 is 13.3. The number of nitro groups is 1. The SMILES string of the molecule is CNCC(C)CNc1cccc(F)c1[N+](=O)[O-]. The first-order chi connectivity index (χ1) is 8.06. The lowest BCUT2D eigenvalue weighted by Crippen LogP contribution is -2.23. The highest BCUT2D eigenvalue weighted by Crippen LogP contribution is 2.27. The molecular formula is C11H16FN3O2. The van der Waals surface area contributed by atoms with Crippen molar-refractivity contribution in [2.24, 2.45) is 5.92 Å². The van der Waals surface area contributed by atoms with E-state index in [0.717, 1.165) is 12.6 Å². The molecular weight excluding hydrogens is 225 g/mol. The van der Waals surface area contributed by atoms with Gasteiger partial charge in [0.1, 0.15) is 5.69 Å². The number of nitrogens with zero attached hydrogens (tertiary/aromatic N) is 1. The Labute approximate surface area is 99.2 Å². The number of hydrogen-bond donors (Lipinski definition) is 2. The van der Waals surface area contributed by atoms with Crippen LogP contribution < -0.4 is 10.6 Å². The maximum atomic E-state index is 13.3. The lowest BCUT2D eigenvalue weighted by atomic mass is 10.1. The molecule has 0 saturated carbocycles. The van der Waals surface area contributed by atoms with Crippen molar-refractivity contribution in [1.82, 2.24) is 5.32 Å². The number of para-hydroxylation sites is 1. The fraction of sp³-hybridized carbons (Fsp3) is 0.455. The average Bonchev–Trinajstić information content (AvgIpc) is 2.26. The van der Waals surface area contributed by atoms with Crippen molar-refractivity contribution in [2.75, 3.05) is 25.5 Å². The third kappa shape index (κ3) is 3.67. The molecule has 0 aromatic heterocycles. The van der Waals surface area contributed by atoms with E-state index >= 15 is 0 Å². The molecule has 0 radical (unpaired) electrons. The van der Waals surface area contributed by atoms with Crippen LogP contribution in [0.3, 0.4) is 0 Å². The lowest BCUT2D eigenvalue weighted by molar-refractivity contribution is -0.386. The van der Waals surface area contributed by atoms with Crippen LogP contribution in [0, 0.1) is 21.8 Å². The minimum Gasteiger partial charge on any atom is -0.379 e. The van der Waals surface area contributed by atoms with Crippen LogP contribution in [-0.4, -0.2) is 25.1 Å². The highest BCUT2D eigenvalue weighted by atomic mass is 19.1. The fourth-order valence-electron chi connectivity index (χ4n) is 1.55. The zero-order valence-corrected chi connectivity index (χ0v) is 9.87. The Kier molecular flexibility index (Phi) is 4.84. The Morgan fingerprint density at radius 3 is 2.76 bits per heavy atom. The molecule has 0 aliphatic carbocycles. The largest absolute Gasteiger partial charge is 0.379 e. The predicted molar refractivity (Wildman–Crippen MR) is 64.6 cm³/mol. The van der Waals surface area contributed by atoms with Gasteiger partial charge in [0.15, 0.2) is 0 Å². The van der Waals surface area contributed by atoms with Gasteiger partial charge in [-0.25, -0.2) is 0 Å². The molecule has 0 spiro atoms. The van der Waals surface area contributed by atoms with Gasteiger partial charge in [-0.3, -0.25) is 10.1 Å². The van der Waals surface area contributed by atoms with Gasteiger partial charge >= 0.3 is 5.69 Å². The van der Waals surface area contributed by atoms with Crippen molar-refractivity contribution in [3.8, 4) is 0 Å². The van der Waals surface area contributed by atoms with E-state index in [1.807, 2.05) is 14.0 Å². The third-order valence-electron chi connectivity index (χ3n) is 2.36. The van der Waals surface area contributed by atoms with E-state index in [2.05, 4.69) is 10.6 Å². The van der Waals surface area contributed by atoms with Gasteiger partial charge in [0.05, 0.1) is 4.92 Å². The Morgan fingerprint density at radius 1 is 1.47 bits per heavy atom. The van der Waals surface area contributed by atoms with Crippen LogP contribution in [0.2, 0.25) is 0 Å². The monoisotopic (exact) mass is 241 g/mol. The van der Waals surface area contributed by atoms with Crippen molar-refractivity contribution in [1.29, 1.82) is 0 Å². The van der Waals surface area contributed by atoms with E-state index in [0.29, 0.717) is 12.5 Å². The standard InChI is InChI=1S/C11H16FN3O2/c1-8(6-13-2)7-14-10-5-3-4-9(12)11(10)15(16)17/h3-5,8,13-14H,6-7H2,1-2H3. The summed E-state index contributed by atoms with van der Waals surface area (Å²) in [6, 6.07) is 4.04. The topological polar surface area (TPSA) is 67.2 Å². The summed E-state index contributed by atoms with van der Waals surface area (Å²) in [5, 5.41) is 16.6. The molecule has 1 rings (SSSR count). The number of hydrogen-bond acceptors (Lipinski definition) is 4.